The van der Waals surface area contributed by atoms with Gasteiger partial charge in [0.25, 0.3) is 5.69 Å². The number of rotatable bonds is 7. The Balaban J connectivity index is 1.96. The minimum absolute atomic E-state index is 0.0254. The Morgan fingerprint density at radius 2 is 2.04 bits per heavy atom. The molecule has 2 aromatic rings. The second-order valence-electron chi connectivity index (χ2n) is 4.56. The molecule has 0 heterocycles. The Morgan fingerprint density at radius 3 is 2.71 bits per heavy atom. The summed E-state index contributed by atoms with van der Waals surface area (Å²) in [5.41, 5.74) is -0.258. The molecule has 0 aliphatic rings. The molecule has 126 valence electrons. The topological polar surface area (TPSA) is 78.7 Å². The van der Waals surface area contributed by atoms with Crippen molar-refractivity contribution in [2.45, 2.75) is 4.90 Å². The van der Waals surface area contributed by atoms with Gasteiger partial charge in [0, 0.05) is 22.8 Å². The summed E-state index contributed by atoms with van der Waals surface area (Å²) in [7, 11) is 1.35. The highest BCUT2D eigenvalue weighted by molar-refractivity contribution is 7.99. The Morgan fingerprint density at radius 1 is 1.29 bits per heavy atom. The lowest BCUT2D eigenvalue weighted by Gasteiger charge is -2.09. The number of benzene rings is 2. The van der Waals surface area contributed by atoms with Crippen molar-refractivity contribution >= 4 is 23.4 Å². The smallest absolute Gasteiger partial charge is 0.342 e. The maximum absolute atomic E-state index is 13.5. The number of nitro benzene ring substituents is 1. The number of ether oxygens (including phenoxy) is 2. The van der Waals surface area contributed by atoms with E-state index in [-0.39, 0.29) is 29.4 Å². The van der Waals surface area contributed by atoms with E-state index in [0.29, 0.717) is 10.6 Å². The van der Waals surface area contributed by atoms with Crippen LogP contribution in [0, 0.1) is 15.9 Å². The molecule has 2 rings (SSSR count). The van der Waals surface area contributed by atoms with Crippen LogP contribution < -0.4 is 4.74 Å². The zero-order valence-electron chi connectivity index (χ0n) is 12.7. The molecule has 0 N–H and O–H groups in total. The van der Waals surface area contributed by atoms with E-state index >= 15 is 0 Å². The van der Waals surface area contributed by atoms with Gasteiger partial charge >= 0.3 is 5.97 Å². The summed E-state index contributed by atoms with van der Waals surface area (Å²) in [5, 5.41) is 10.8. The van der Waals surface area contributed by atoms with E-state index in [1.807, 2.05) is 0 Å². The predicted octanol–water partition coefficient (Wildman–Crippen LogP) is 3.69. The second kappa shape index (κ2) is 8.30. The third kappa shape index (κ3) is 4.45. The monoisotopic (exact) mass is 351 g/mol. The molecule has 24 heavy (non-hydrogen) atoms. The Kier molecular flexibility index (Phi) is 6.14. The Bertz CT molecular complexity index is 753. The lowest BCUT2D eigenvalue weighted by molar-refractivity contribution is -0.384. The van der Waals surface area contributed by atoms with E-state index in [2.05, 4.69) is 0 Å². The van der Waals surface area contributed by atoms with Gasteiger partial charge in [-0.05, 0) is 18.2 Å². The third-order valence-electron chi connectivity index (χ3n) is 3.02. The summed E-state index contributed by atoms with van der Waals surface area (Å²) in [4.78, 5) is 22.7. The molecular formula is C16H14FNO5S. The molecule has 0 aliphatic carbocycles. The number of hydrogen-bond donors (Lipinski definition) is 0. The van der Waals surface area contributed by atoms with Crippen molar-refractivity contribution in [2.24, 2.45) is 0 Å². The summed E-state index contributed by atoms with van der Waals surface area (Å²) in [6.45, 7) is 0.0314. The fourth-order valence-electron chi connectivity index (χ4n) is 1.89. The average Bonchev–Trinajstić information content (AvgIpc) is 2.59. The van der Waals surface area contributed by atoms with Gasteiger partial charge in [0.2, 0.25) is 0 Å². The fourth-order valence-corrected chi connectivity index (χ4v) is 2.66. The summed E-state index contributed by atoms with van der Waals surface area (Å²) >= 11 is 1.21. The Hall–Kier alpha value is -2.61. The molecule has 0 saturated heterocycles. The van der Waals surface area contributed by atoms with Crippen LogP contribution in [0.4, 0.5) is 10.1 Å². The molecule has 0 radical (unpaired) electrons. The van der Waals surface area contributed by atoms with Crippen LogP contribution in [0.25, 0.3) is 0 Å². The first-order valence-electron chi connectivity index (χ1n) is 6.90. The largest absolute Gasteiger partial charge is 0.496 e. The maximum atomic E-state index is 13.5. The number of thioether (sulfide) groups is 1. The van der Waals surface area contributed by atoms with E-state index in [1.165, 1.54) is 37.1 Å². The molecule has 8 heteroatoms. The number of nitrogens with zero attached hydrogens (tertiary/aromatic N) is 1. The van der Waals surface area contributed by atoms with E-state index in [9.17, 15) is 19.3 Å². The number of methoxy groups -OCH3 is 1. The van der Waals surface area contributed by atoms with Gasteiger partial charge in [-0.1, -0.05) is 12.1 Å². The van der Waals surface area contributed by atoms with Crippen LogP contribution in [0.5, 0.6) is 5.75 Å². The van der Waals surface area contributed by atoms with Crippen molar-refractivity contribution in [3.8, 4) is 5.75 Å². The van der Waals surface area contributed by atoms with E-state index in [1.54, 1.807) is 18.2 Å². The summed E-state index contributed by atoms with van der Waals surface area (Å²) < 4.78 is 23.5. The van der Waals surface area contributed by atoms with Crippen LogP contribution in [0.15, 0.2) is 47.4 Å². The molecule has 6 nitrogen and oxygen atoms in total. The quantitative estimate of drug-likeness (QED) is 0.249. The number of halogens is 1. The predicted molar refractivity (Wildman–Crippen MR) is 87.1 cm³/mol. The van der Waals surface area contributed by atoms with Crippen LogP contribution in [-0.4, -0.2) is 30.4 Å². The molecule has 0 saturated carbocycles. The van der Waals surface area contributed by atoms with Crippen molar-refractivity contribution in [1.29, 1.82) is 0 Å². The summed E-state index contributed by atoms with van der Waals surface area (Å²) in [6.07, 6.45) is 0. The van der Waals surface area contributed by atoms with Gasteiger partial charge in [-0.15, -0.1) is 11.8 Å². The number of non-ortho nitro benzene ring substituents is 1. The van der Waals surface area contributed by atoms with Crippen molar-refractivity contribution in [2.75, 3.05) is 19.5 Å². The zero-order valence-corrected chi connectivity index (χ0v) is 13.5. The second-order valence-corrected chi connectivity index (χ2v) is 5.69. The van der Waals surface area contributed by atoms with Crippen LogP contribution >= 0.6 is 11.8 Å². The summed E-state index contributed by atoms with van der Waals surface area (Å²) in [6, 6.07) is 9.96. The molecule has 0 aromatic heterocycles. The fraction of sp³-hybridized carbons (Fsp3) is 0.188. The van der Waals surface area contributed by atoms with Crippen molar-refractivity contribution < 1.29 is 23.6 Å². The zero-order chi connectivity index (χ0) is 17.5. The van der Waals surface area contributed by atoms with Gasteiger partial charge in [0.05, 0.1) is 12.0 Å². The first kappa shape index (κ1) is 17.7. The van der Waals surface area contributed by atoms with Gasteiger partial charge < -0.3 is 9.47 Å². The average molecular weight is 351 g/mol. The van der Waals surface area contributed by atoms with Crippen molar-refractivity contribution in [3.05, 3.63) is 64.0 Å². The van der Waals surface area contributed by atoms with E-state index in [4.69, 9.17) is 9.47 Å². The van der Waals surface area contributed by atoms with Crippen LogP contribution in [0.2, 0.25) is 0 Å². The summed E-state index contributed by atoms with van der Waals surface area (Å²) in [5.74, 6) is -0.532. The highest BCUT2D eigenvalue weighted by atomic mass is 32.2. The van der Waals surface area contributed by atoms with E-state index in [0.717, 1.165) is 6.07 Å². The normalized spacial score (nSPS) is 10.2. The number of hydrogen-bond acceptors (Lipinski definition) is 6. The van der Waals surface area contributed by atoms with Gasteiger partial charge in [-0.25, -0.2) is 9.18 Å². The number of nitro groups is 1. The molecule has 0 fully saturated rings. The van der Waals surface area contributed by atoms with Gasteiger partial charge in [-0.2, -0.15) is 0 Å². The van der Waals surface area contributed by atoms with Crippen LogP contribution in [0.1, 0.15) is 10.4 Å². The number of esters is 1. The molecule has 0 bridgehead atoms. The number of carbonyl (C=O) groups is 1. The standard InChI is InChI=1S/C16H14FNO5S/c1-22-14-7-6-11(18(20)21)10-12(14)16(19)23-8-9-24-15-5-3-2-4-13(15)17/h2-7,10H,8-9H2,1H3. The minimum atomic E-state index is -0.732. The highest BCUT2D eigenvalue weighted by Crippen LogP contribution is 2.25. The molecule has 0 amide bonds. The first-order chi connectivity index (χ1) is 11.5. The molecule has 0 spiro atoms. The lowest BCUT2D eigenvalue weighted by atomic mass is 10.2. The maximum Gasteiger partial charge on any atom is 0.342 e. The van der Waals surface area contributed by atoms with Crippen molar-refractivity contribution in [1.82, 2.24) is 0 Å². The van der Waals surface area contributed by atoms with Gasteiger partial charge in [0.15, 0.2) is 0 Å². The van der Waals surface area contributed by atoms with Crippen LogP contribution in [-0.2, 0) is 4.74 Å². The first-order valence-corrected chi connectivity index (χ1v) is 7.88. The Labute approximate surface area is 141 Å². The number of carbonyl (C=O) groups excluding carboxylic acids is 1. The van der Waals surface area contributed by atoms with Gasteiger partial charge in [0.1, 0.15) is 23.7 Å². The molecule has 2 aromatic carbocycles. The minimum Gasteiger partial charge on any atom is -0.496 e. The van der Waals surface area contributed by atoms with Crippen LogP contribution in [0.3, 0.4) is 0 Å². The molecule has 0 atom stereocenters. The van der Waals surface area contributed by atoms with Gasteiger partial charge in [-0.3, -0.25) is 10.1 Å². The molecule has 0 unspecified atom stereocenters. The lowest BCUT2D eigenvalue weighted by Crippen LogP contribution is -2.10. The SMILES string of the molecule is COc1ccc([N+](=O)[O-])cc1C(=O)OCCSc1ccccc1F. The highest BCUT2D eigenvalue weighted by Gasteiger charge is 2.18. The van der Waals surface area contributed by atoms with E-state index < -0.39 is 10.9 Å². The molecule has 0 aliphatic heterocycles. The van der Waals surface area contributed by atoms with Crippen molar-refractivity contribution in [3.63, 3.8) is 0 Å². The third-order valence-corrected chi connectivity index (χ3v) is 4.04. The molecular weight excluding hydrogens is 337 g/mol.